The zero-order chi connectivity index (χ0) is 15.7. The Morgan fingerprint density at radius 3 is 2.64 bits per heavy atom. The summed E-state index contributed by atoms with van der Waals surface area (Å²) in [6.45, 7) is 0. The second-order valence-corrected chi connectivity index (χ2v) is 6.60. The van der Waals surface area contributed by atoms with Crippen molar-refractivity contribution in [2.24, 2.45) is 11.8 Å². The van der Waals surface area contributed by atoms with Gasteiger partial charge in [-0.15, -0.1) is 0 Å². The van der Waals surface area contributed by atoms with Crippen LogP contribution in [0.25, 0.3) is 0 Å². The molecule has 3 atom stereocenters. The Kier molecular flexibility index (Phi) is 4.19. The van der Waals surface area contributed by atoms with Gasteiger partial charge in [0.1, 0.15) is 0 Å². The fraction of sp³-hybridized carbons (Fsp3) is 0.556. The smallest absolute Gasteiger partial charge is 0.306 e. The summed E-state index contributed by atoms with van der Waals surface area (Å²) in [6.07, 6.45) is 4.84. The first kappa shape index (κ1) is 15.1. The maximum absolute atomic E-state index is 12.8. The number of aliphatic carboxylic acids is 1. The van der Waals surface area contributed by atoms with Crippen LogP contribution in [0.5, 0.6) is 0 Å². The Hall–Kier alpha value is -1.84. The molecular weight excluding hydrogens is 278 g/mol. The Bertz CT molecular complexity index is 583. The Morgan fingerprint density at radius 1 is 1.14 bits per heavy atom. The van der Waals surface area contributed by atoms with Gasteiger partial charge in [-0.1, -0.05) is 30.7 Å². The molecule has 4 nitrogen and oxygen atoms in total. The molecule has 1 aromatic carbocycles. The number of fused-ring (bicyclic) bond motifs is 1. The minimum atomic E-state index is -0.758. The molecule has 1 N–H and O–H groups in total. The molecule has 1 aromatic rings. The number of carboxylic acid groups (broad SMARTS) is 1. The summed E-state index contributed by atoms with van der Waals surface area (Å²) >= 11 is 0. The lowest BCUT2D eigenvalue weighted by Gasteiger charge is -2.32. The van der Waals surface area contributed by atoms with Crippen LogP contribution < -0.4 is 0 Å². The van der Waals surface area contributed by atoms with E-state index in [1.165, 1.54) is 11.1 Å². The number of carboxylic acids is 1. The molecule has 3 unspecified atom stereocenters. The molecule has 0 heterocycles. The topological polar surface area (TPSA) is 57.6 Å². The Morgan fingerprint density at radius 2 is 1.86 bits per heavy atom. The van der Waals surface area contributed by atoms with Crippen LogP contribution in [0.4, 0.5) is 0 Å². The molecule has 1 amide bonds. The van der Waals surface area contributed by atoms with Crippen LogP contribution in [0.3, 0.4) is 0 Å². The van der Waals surface area contributed by atoms with E-state index in [0.717, 1.165) is 25.7 Å². The van der Waals surface area contributed by atoms with E-state index < -0.39 is 5.97 Å². The third kappa shape index (κ3) is 2.74. The van der Waals surface area contributed by atoms with Crippen LogP contribution in [-0.4, -0.2) is 28.9 Å². The molecule has 22 heavy (non-hydrogen) atoms. The Labute approximate surface area is 131 Å². The molecule has 0 saturated heterocycles. The van der Waals surface area contributed by atoms with Gasteiger partial charge in [0.2, 0.25) is 5.91 Å². The summed E-state index contributed by atoms with van der Waals surface area (Å²) < 4.78 is 0. The normalized spacial score (nSPS) is 27.2. The van der Waals surface area contributed by atoms with Crippen LogP contribution in [0.2, 0.25) is 0 Å². The van der Waals surface area contributed by atoms with E-state index in [1.807, 2.05) is 24.1 Å². The van der Waals surface area contributed by atoms with E-state index in [0.29, 0.717) is 12.8 Å². The standard InChI is InChI=1S/C18H23NO3/c1-19(16-10-9-12-5-2-3-8-15(12)16)17(20)13-6-4-7-14(11-13)18(21)22/h2-3,5,8,13-14,16H,4,6-7,9-11H2,1H3,(H,21,22). The van der Waals surface area contributed by atoms with E-state index in [2.05, 4.69) is 12.1 Å². The molecule has 4 heteroatoms. The number of carbonyl (C=O) groups excluding carboxylic acids is 1. The summed E-state index contributed by atoms with van der Waals surface area (Å²) in [5.74, 6) is -1.13. The molecule has 0 aromatic heterocycles. The van der Waals surface area contributed by atoms with Crippen molar-refractivity contribution >= 4 is 11.9 Å². The average Bonchev–Trinajstić information content (AvgIpc) is 2.97. The summed E-state index contributed by atoms with van der Waals surface area (Å²) in [7, 11) is 1.87. The van der Waals surface area contributed by atoms with E-state index in [4.69, 9.17) is 0 Å². The van der Waals surface area contributed by atoms with Crippen molar-refractivity contribution in [2.45, 2.75) is 44.6 Å². The van der Waals surface area contributed by atoms with Gasteiger partial charge in [-0.2, -0.15) is 0 Å². The van der Waals surface area contributed by atoms with Crippen LogP contribution in [0.15, 0.2) is 24.3 Å². The molecule has 3 rings (SSSR count). The van der Waals surface area contributed by atoms with Crippen molar-refractivity contribution in [3.63, 3.8) is 0 Å². The summed E-state index contributed by atoms with van der Waals surface area (Å²) in [5.41, 5.74) is 2.59. The maximum atomic E-state index is 12.8. The summed E-state index contributed by atoms with van der Waals surface area (Å²) in [6, 6.07) is 8.46. The van der Waals surface area contributed by atoms with Gasteiger partial charge in [-0.3, -0.25) is 9.59 Å². The van der Waals surface area contributed by atoms with Gasteiger partial charge >= 0.3 is 5.97 Å². The first-order valence-corrected chi connectivity index (χ1v) is 8.15. The molecule has 118 valence electrons. The third-order valence-electron chi connectivity index (χ3n) is 5.29. The fourth-order valence-electron chi connectivity index (χ4n) is 4.02. The highest BCUT2D eigenvalue weighted by Gasteiger charge is 2.36. The predicted molar refractivity (Wildman–Crippen MR) is 83.4 cm³/mol. The van der Waals surface area contributed by atoms with Crippen molar-refractivity contribution in [1.82, 2.24) is 4.90 Å². The van der Waals surface area contributed by atoms with E-state index in [9.17, 15) is 14.7 Å². The molecule has 1 fully saturated rings. The van der Waals surface area contributed by atoms with Crippen LogP contribution in [-0.2, 0) is 16.0 Å². The quantitative estimate of drug-likeness (QED) is 0.933. The van der Waals surface area contributed by atoms with Gasteiger partial charge in [0.05, 0.1) is 12.0 Å². The zero-order valence-electron chi connectivity index (χ0n) is 13.0. The van der Waals surface area contributed by atoms with Gasteiger partial charge < -0.3 is 10.0 Å². The van der Waals surface area contributed by atoms with E-state index >= 15 is 0 Å². The maximum Gasteiger partial charge on any atom is 0.306 e. The van der Waals surface area contributed by atoms with E-state index in [-0.39, 0.29) is 23.8 Å². The molecule has 1 saturated carbocycles. The lowest BCUT2D eigenvalue weighted by Crippen LogP contribution is -2.38. The van der Waals surface area contributed by atoms with Gasteiger partial charge in [0.25, 0.3) is 0 Å². The van der Waals surface area contributed by atoms with E-state index in [1.54, 1.807) is 0 Å². The number of benzene rings is 1. The van der Waals surface area contributed by atoms with Crippen LogP contribution >= 0.6 is 0 Å². The highest BCUT2D eigenvalue weighted by Crippen LogP contribution is 2.37. The minimum Gasteiger partial charge on any atom is -0.481 e. The highest BCUT2D eigenvalue weighted by molar-refractivity contribution is 5.80. The minimum absolute atomic E-state index is 0.118. The second-order valence-electron chi connectivity index (χ2n) is 6.60. The molecule has 0 radical (unpaired) electrons. The van der Waals surface area contributed by atoms with Gasteiger partial charge in [0, 0.05) is 13.0 Å². The first-order chi connectivity index (χ1) is 10.6. The molecule has 0 bridgehead atoms. The summed E-state index contributed by atoms with van der Waals surface area (Å²) in [5, 5.41) is 9.19. The Balaban J connectivity index is 1.71. The largest absolute Gasteiger partial charge is 0.481 e. The lowest BCUT2D eigenvalue weighted by atomic mass is 9.80. The van der Waals surface area contributed by atoms with Crippen molar-refractivity contribution in [3.8, 4) is 0 Å². The van der Waals surface area contributed by atoms with Gasteiger partial charge in [-0.25, -0.2) is 0 Å². The third-order valence-corrected chi connectivity index (χ3v) is 5.29. The van der Waals surface area contributed by atoms with Crippen molar-refractivity contribution in [1.29, 1.82) is 0 Å². The monoisotopic (exact) mass is 301 g/mol. The van der Waals surface area contributed by atoms with Crippen molar-refractivity contribution in [2.75, 3.05) is 7.05 Å². The van der Waals surface area contributed by atoms with Gasteiger partial charge in [-0.05, 0) is 43.2 Å². The predicted octanol–water partition coefficient (Wildman–Crippen LogP) is 3.02. The number of hydrogen-bond acceptors (Lipinski definition) is 2. The zero-order valence-corrected chi connectivity index (χ0v) is 13.0. The molecule has 0 spiro atoms. The molecular formula is C18H23NO3. The lowest BCUT2D eigenvalue weighted by molar-refractivity contribution is -0.145. The second kappa shape index (κ2) is 6.11. The number of nitrogens with zero attached hydrogens (tertiary/aromatic N) is 1. The van der Waals surface area contributed by atoms with Gasteiger partial charge in [0.15, 0.2) is 0 Å². The number of aryl methyl sites for hydroxylation is 1. The highest BCUT2D eigenvalue weighted by atomic mass is 16.4. The molecule has 2 aliphatic rings. The average molecular weight is 301 g/mol. The number of carbonyl (C=O) groups is 2. The van der Waals surface area contributed by atoms with Crippen molar-refractivity contribution < 1.29 is 14.7 Å². The molecule has 2 aliphatic carbocycles. The number of hydrogen-bond donors (Lipinski definition) is 1. The van der Waals surface area contributed by atoms with Crippen LogP contribution in [0.1, 0.15) is 49.3 Å². The first-order valence-electron chi connectivity index (χ1n) is 8.15. The SMILES string of the molecule is CN(C(=O)C1CCCC(C(=O)O)C1)C1CCc2ccccc21. The molecule has 0 aliphatic heterocycles. The number of amides is 1. The van der Waals surface area contributed by atoms with Crippen molar-refractivity contribution in [3.05, 3.63) is 35.4 Å². The fourth-order valence-corrected chi connectivity index (χ4v) is 4.02. The summed E-state index contributed by atoms with van der Waals surface area (Å²) in [4.78, 5) is 25.8. The number of rotatable bonds is 3. The van der Waals surface area contributed by atoms with Crippen LogP contribution in [0, 0.1) is 11.8 Å².